The predicted octanol–water partition coefficient (Wildman–Crippen LogP) is 4.42. The monoisotopic (exact) mass is 356 g/mol. The number of ketones is 1. The fourth-order valence-corrected chi connectivity index (χ4v) is 4.34. The Morgan fingerprint density at radius 2 is 1.92 bits per heavy atom. The van der Waals surface area contributed by atoms with Crippen molar-refractivity contribution in [2.75, 3.05) is 26.1 Å². The lowest BCUT2D eigenvalue weighted by atomic mass is 9.81. The molecule has 0 unspecified atom stereocenters. The number of fused-ring (bicyclic) bond motifs is 1. The van der Waals surface area contributed by atoms with E-state index in [1.165, 1.54) is 24.8 Å². The molecule has 0 bridgehead atoms. The second-order valence-corrected chi connectivity index (χ2v) is 8.60. The largest absolute Gasteiger partial charge is 0.495 e. The maximum Gasteiger partial charge on any atom is 0.142 e. The molecule has 1 aromatic carbocycles. The number of carbonyl (C=O) groups excluding carboxylic acids is 1. The molecule has 1 heterocycles. The van der Waals surface area contributed by atoms with Crippen LogP contribution in [0.1, 0.15) is 63.5 Å². The number of nitrogens with zero attached hydrogens (tertiary/aromatic N) is 2. The number of hydrogen-bond acceptors (Lipinski definition) is 4. The highest BCUT2D eigenvalue weighted by Crippen LogP contribution is 2.37. The van der Waals surface area contributed by atoms with Crippen molar-refractivity contribution in [2.24, 2.45) is 10.9 Å². The Bertz CT molecular complexity index is 713. The van der Waals surface area contributed by atoms with Crippen LogP contribution in [-0.2, 0) is 11.2 Å². The van der Waals surface area contributed by atoms with E-state index in [9.17, 15) is 4.79 Å². The maximum absolute atomic E-state index is 12.9. The molecule has 1 aromatic rings. The molecule has 2 aliphatic rings. The molecule has 0 N–H and O–H groups in total. The van der Waals surface area contributed by atoms with Gasteiger partial charge in [-0.15, -0.1) is 0 Å². The SMILES string of the molecule is COc1cc2c(cc1N(C)C)C(CC(=O)C1CCCCC1)=NC(C)(C)C2. The second-order valence-electron chi connectivity index (χ2n) is 8.60. The summed E-state index contributed by atoms with van der Waals surface area (Å²) in [4.78, 5) is 20.0. The number of ether oxygens (including phenoxy) is 1. The van der Waals surface area contributed by atoms with Gasteiger partial charge >= 0.3 is 0 Å². The third kappa shape index (κ3) is 3.94. The van der Waals surface area contributed by atoms with Crippen molar-refractivity contribution >= 4 is 17.2 Å². The Morgan fingerprint density at radius 3 is 2.54 bits per heavy atom. The predicted molar refractivity (Wildman–Crippen MR) is 108 cm³/mol. The summed E-state index contributed by atoms with van der Waals surface area (Å²) in [6, 6.07) is 4.28. The number of methoxy groups -OCH3 is 1. The van der Waals surface area contributed by atoms with E-state index in [-0.39, 0.29) is 11.5 Å². The van der Waals surface area contributed by atoms with E-state index < -0.39 is 0 Å². The maximum atomic E-state index is 12.9. The normalized spacial score (nSPS) is 19.5. The van der Waals surface area contributed by atoms with Crippen molar-refractivity contribution in [2.45, 2.75) is 64.3 Å². The van der Waals surface area contributed by atoms with Crippen molar-refractivity contribution < 1.29 is 9.53 Å². The quantitative estimate of drug-likeness (QED) is 0.784. The molecule has 4 heteroatoms. The highest BCUT2D eigenvalue weighted by molar-refractivity contribution is 6.13. The minimum atomic E-state index is -0.181. The first kappa shape index (κ1) is 18.9. The molecule has 0 spiro atoms. The van der Waals surface area contributed by atoms with Crippen LogP contribution in [0.2, 0.25) is 0 Å². The molecule has 3 rings (SSSR count). The van der Waals surface area contributed by atoms with Crippen LogP contribution in [0.15, 0.2) is 17.1 Å². The van der Waals surface area contributed by atoms with Crippen LogP contribution in [0, 0.1) is 5.92 Å². The summed E-state index contributed by atoms with van der Waals surface area (Å²) in [6.45, 7) is 4.29. The first-order valence-corrected chi connectivity index (χ1v) is 9.81. The number of anilines is 1. The van der Waals surface area contributed by atoms with Crippen molar-refractivity contribution in [3.05, 3.63) is 23.3 Å². The van der Waals surface area contributed by atoms with Gasteiger partial charge in [0.05, 0.1) is 24.0 Å². The van der Waals surface area contributed by atoms with Crippen LogP contribution in [-0.4, -0.2) is 38.2 Å². The zero-order valence-electron chi connectivity index (χ0n) is 16.9. The number of carbonyl (C=O) groups is 1. The molecule has 1 aliphatic carbocycles. The van der Waals surface area contributed by atoms with Crippen LogP contribution in [0.25, 0.3) is 0 Å². The van der Waals surface area contributed by atoms with Gasteiger partial charge in [-0.2, -0.15) is 0 Å². The summed E-state index contributed by atoms with van der Waals surface area (Å²) >= 11 is 0. The van der Waals surface area contributed by atoms with Crippen LogP contribution in [0.3, 0.4) is 0 Å². The molecular formula is C22H32N2O2. The van der Waals surface area contributed by atoms with Gasteiger partial charge in [-0.25, -0.2) is 0 Å². The highest BCUT2D eigenvalue weighted by atomic mass is 16.5. The summed E-state index contributed by atoms with van der Waals surface area (Å²) < 4.78 is 5.60. The number of rotatable bonds is 5. The van der Waals surface area contributed by atoms with Crippen LogP contribution in [0.5, 0.6) is 5.75 Å². The van der Waals surface area contributed by atoms with Crippen LogP contribution < -0.4 is 9.64 Å². The lowest BCUT2D eigenvalue weighted by Gasteiger charge is -2.31. The van der Waals surface area contributed by atoms with Crippen LogP contribution in [0.4, 0.5) is 5.69 Å². The standard InChI is InChI=1S/C22H32N2O2/c1-22(2)14-16-11-21(26-5)19(24(3)4)12-17(16)18(23-22)13-20(25)15-9-7-6-8-10-15/h11-12,15H,6-10,13-14H2,1-5H3. The molecule has 26 heavy (non-hydrogen) atoms. The molecule has 4 nitrogen and oxygen atoms in total. The fraction of sp³-hybridized carbons (Fsp3) is 0.636. The molecule has 0 radical (unpaired) electrons. The third-order valence-corrected chi connectivity index (χ3v) is 5.66. The number of Topliss-reactive ketones (excluding diaryl/α,β-unsaturated/α-hetero) is 1. The Kier molecular flexibility index (Phi) is 5.40. The number of aliphatic imine (C=N–C) groups is 1. The van der Waals surface area contributed by atoms with Crippen molar-refractivity contribution in [1.82, 2.24) is 0 Å². The third-order valence-electron chi connectivity index (χ3n) is 5.66. The van der Waals surface area contributed by atoms with E-state index in [0.717, 1.165) is 42.0 Å². The Hall–Kier alpha value is -1.84. The zero-order valence-corrected chi connectivity index (χ0v) is 16.9. The molecule has 0 saturated heterocycles. The van der Waals surface area contributed by atoms with Crippen molar-refractivity contribution in [1.29, 1.82) is 0 Å². The van der Waals surface area contributed by atoms with E-state index in [1.54, 1.807) is 7.11 Å². The van der Waals surface area contributed by atoms with Crippen LogP contribution >= 0.6 is 0 Å². The zero-order chi connectivity index (χ0) is 18.9. The molecule has 0 atom stereocenters. The van der Waals surface area contributed by atoms with Gasteiger partial charge in [0, 0.05) is 32.0 Å². The summed E-state index contributed by atoms with van der Waals surface area (Å²) in [5.74, 6) is 1.48. The molecule has 0 aromatic heterocycles. The molecule has 1 saturated carbocycles. The lowest BCUT2D eigenvalue weighted by Crippen LogP contribution is -2.31. The Morgan fingerprint density at radius 1 is 1.23 bits per heavy atom. The molecule has 142 valence electrons. The van der Waals surface area contributed by atoms with Crippen molar-refractivity contribution in [3.63, 3.8) is 0 Å². The minimum Gasteiger partial charge on any atom is -0.495 e. The van der Waals surface area contributed by atoms with E-state index in [1.807, 2.05) is 14.1 Å². The summed E-state index contributed by atoms with van der Waals surface area (Å²) in [6.07, 6.45) is 7.07. The van der Waals surface area contributed by atoms with Gasteiger partial charge in [0.2, 0.25) is 0 Å². The second kappa shape index (κ2) is 7.42. The number of benzene rings is 1. The van der Waals surface area contributed by atoms with E-state index in [4.69, 9.17) is 9.73 Å². The van der Waals surface area contributed by atoms with E-state index >= 15 is 0 Å². The average Bonchev–Trinajstić information content (AvgIpc) is 2.60. The summed E-state index contributed by atoms with van der Waals surface area (Å²) in [5.41, 5.74) is 4.16. The molecule has 0 amide bonds. The van der Waals surface area contributed by atoms with Gasteiger partial charge in [-0.1, -0.05) is 19.3 Å². The average molecular weight is 357 g/mol. The smallest absolute Gasteiger partial charge is 0.142 e. The topological polar surface area (TPSA) is 41.9 Å². The first-order valence-electron chi connectivity index (χ1n) is 9.81. The summed E-state index contributed by atoms with van der Waals surface area (Å²) in [7, 11) is 5.74. The Balaban J connectivity index is 1.95. The number of hydrogen-bond donors (Lipinski definition) is 0. The Labute approximate surface area is 157 Å². The van der Waals surface area contributed by atoms with Gasteiger partial charge in [0.15, 0.2) is 0 Å². The van der Waals surface area contributed by atoms with Gasteiger partial charge in [-0.05, 0) is 50.8 Å². The molecule has 1 aliphatic heterocycles. The van der Waals surface area contributed by atoms with Gasteiger partial charge in [-0.3, -0.25) is 9.79 Å². The molecular weight excluding hydrogens is 324 g/mol. The summed E-state index contributed by atoms with van der Waals surface area (Å²) in [5, 5.41) is 0. The minimum absolute atomic E-state index is 0.181. The van der Waals surface area contributed by atoms with Gasteiger partial charge in [0.1, 0.15) is 11.5 Å². The first-order chi connectivity index (χ1) is 12.3. The van der Waals surface area contributed by atoms with E-state index in [0.29, 0.717) is 12.2 Å². The fourth-order valence-electron chi connectivity index (χ4n) is 4.34. The van der Waals surface area contributed by atoms with E-state index in [2.05, 4.69) is 30.9 Å². The van der Waals surface area contributed by atoms with Gasteiger partial charge < -0.3 is 9.64 Å². The lowest BCUT2D eigenvalue weighted by molar-refractivity contribution is -0.122. The highest BCUT2D eigenvalue weighted by Gasteiger charge is 2.31. The molecule has 1 fully saturated rings. The van der Waals surface area contributed by atoms with Gasteiger partial charge in [0.25, 0.3) is 0 Å². The van der Waals surface area contributed by atoms with Crippen molar-refractivity contribution in [3.8, 4) is 5.75 Å².